The Morgan fingerprint density at radius 3 is 1.03 bits per heavy atom. The second-order valence-electron chi connectivity index (χ2n) is 40.7. The molecule has 0 saturated carbocycles. The molecule has 0 saturated heterocycles. The number of anilines is 9. The van der Waals surface area contributed by atoms with Gasteiger partial charge in [0.2, 0.25) is 0 Å². The first kappa shape index (κ1) is 88.9. The van der Waals surface area contributed by atoms with E-state index in [0.717, 1.165) is 34.6 Å². The first-order valence-electron chi connectivity index (χ1n) is 50.8. The molecule has 12 heterocycles. The van der Waals surface area contributed by atoms with E-state index in [1.54, 1.807) is 0 Å². The highest BCUT2D eigenvalue weighted by Gasteiger charge is 2.56. The van der Waals surface area contributed by atoms with Crippen molar-refractivity contribution < 1.29 is 0 Å². The first-order chi connectivity index (χ1) is 70.6. The van der Waals surface area contributed by atoms with Crippen LogP contribution in [0, 0.1) is 0 Å². The zero-order valence-corrected chi connectivity index (χ0v) is 83.6. The molecule has 1 atom stereocenters. The lowest BCUT2D eigenvalue weighted by Crippen LogP contribution is -2.44. The third kappa shape index (κ3) is 13.5. The Morgan fingerprint density at radius 2 is 0.562 bits per heavy atom. The van der Waals surface area contributed by atoms with Crippen LogP contribution in [0.25, 0.3) is 55.2 Å². The molecule has 10 heteroatoms. The van der Waals surface area contributed by atoms with Crippen LogP contribution in [0.1, 0.15) is 193 Å². The standard InChI is InChI=1S/C46H36N2.C36H32N2.C26H21N3.C26H21N2P/c1-32(2)33-28-29-38-42(31-33)48-43-39(45(38,34-17-7-3-8-18-34)35-19-9-4-10-20-35)25-15-26-40(43)46(36-21-11-5-12-22-36,37-23-13-6-14-24-37)41-27-16-30-47-44(41)48;1-24(2)25-20-21-28-32(23-25)38-33-29(35(3,4)31-19-12-22-37-34(31)38)17-11-18-30(33)36(28,26-13-7-5-8-14-26)27-15-9-6-10-16-27;1-17(2)18-13-14-20-21-10-6-11-22-25(21)29(24(20)16-18)26-23(12-7-15-27-26)28(22)19-8-4-3-5-9-19;1-17(2)18-13-14-20-21-10-6-11-23-25(21)28(22(20)16-18)26-24(12-7-15-27-26)29(23)19-8-4-3-5-9-19/h3-32H,1-2H3;5-24H,1-4H3;2*3-17H,1-2H3. The van der Waals surface area contributed by atoms with Crippen molar-refractivity contribution in [2.45, 2.75) is 115 Å². The van der Waals surface area contributed by atoms with Gasteiger partial charge >= 0.3 is 0 Å². The number of nitrogens with zero attached hydrogens (tertiary/aromatic N) is 9. The smallest absolute Gasteiger partial charge is 0.162 e. The SMILES string of the molecule is CC(C)c1ccc2c(c1)N1c3ncccc3C(C)(C)c3cccc(c31)C2(c1ccccc1)c1ccccc1.CC(C)c1ccc2c(c1)N1c3ncccc3C(c3ccccc3)(c3ccccc3)c3cccc(c31)C2(c1ccccc1)c1ccccc1.CC(C)c1ccc2c3cccc4c3n(c2c1)-c1ncccc1N4c1ccccc1.CC(C)c1ccc2c3cccc4c3n(c2c1)-c1ncccc1P4c1ccccc1. The van der Waals surface area contributed by atoms with Gasteiger partial charge in [0.25, 0.3) is 0 Å². The second kappa shape index (κ2) is 35.3. The summed E-state index contributed by atoms with van der Waals surface area (Å²) in [6.07, 6.45) is 7.70. The van der Waals surface area contributed by atoms with Crippen LogP contribution in [-0.4, -0.2) is 29.1 Å². The van der Waals surface area contributed by atoms with Crippen LogP contribution in [0.3, 0.4) is 0 Å². The maximum Gasteiger partial charge on any atom is 0.162 e. The Kier molecular flexibility index (Phi) is 21.8. The third-order valence-electron chi connectivity index (χ3n) is 31.3. The highest BCUT2D eigenvalue weighted by Crippen LogP contribution is 2.68. The fourth-order valence-corrected chi connectivity index (χ4v) is 27.1. The van der Waals surface area contributed by atoms with E-state index in [0.29, 0.717) is 23.7 Å². The summed E-state index contributed by atoms with van der Waals surface area (Å²) in [6, 6.07) is 160. The molecule has 696 valence electrons. The van der Waals surface area contributed by atoms with Crippen LogP contribution < -0.4 is 30.6 Å². The van der Waals surface area contributed by atoms with Crippen LogP contribution in [0.2, 0.25) is 0 Å². The molecule has 9 nitrogen and oxygen atoms in total. The summed E-state index contributed by atoms with van der Waals surface area (Å²) in [4.78, 5) is 27.3. The minimum Gasteiger partial charge on any atom is -0.305 e. The molecule has 0 fully saturated rings. The van der Waals surface area contributed by atoms with Gasteiger partial charge in [-0.05, 0) is 205 Å². The van der Waals surface area contributed by atoms with Crippen molar-refractivity contribution in [3.8, 4) is 11.6 Å². The lowest BCUT2D eigenvalue weighted by atomic mass is 9.57. The number of hydrogen-bond donors (Lipinski definition) is 0. The molecule has 1 unspecified atom stereocenters. The normalized spacial score (nSPS) is 14.8. The molecule has 0 N–H and O–H groups in total. The molecular weight excluding hydrogens is 1770 g/mol. The Labute approximate surface area is 844 Å². The molecule has 28 rings (SSSR count). The summed E-state index contributed by atoms with van der Waals surface area (Å²) >= 11 is 0. The zero-order chi connectivity index (χ0) is 97.4. The van der Waals surface area contributed by atoms with Gasteiger partial charge in [0.15, 0.2) is 5.82 Å². The van der Waals surface area contributed by atoms with Crippen molar-refractivity contribution >= 4 is 119 Å². The van der Waals surface area contributed by atoms with Gasteiger partial charge in [-0.2, -0.15) is 0 Å². The number of para-hydroxylation sites is 5. The first-order valence-corrected chi connectivity index (χ1v) is 52.1. The second-order valence-corrected chi connectivity index (χ2v) is 42.8. The van der Waals surface area contributed by atoms with E-state index in [1.807, 2.05) is 30.9 Å². The van der Waals surface area contributed by atoms with Crippen molar-refractivity contribution in [1.29, 1.82) is 0 Å². The molecule has 16 aromatic carbocycles. The molecule has 6 aliphatic rings. The number of hydrogen-bond acceptors (Lipinski definition) is 7. The summed E-state index contributed by atoms with van der Waals surface area (Å²) < 4.78 is 4.75. The average Bonchev–Trinajstić information content (AvgIpc) is 0.884. The van der Waals surface area contributed by atoms with Gasteiger partial charge in [-0.3, -0.25) is 18.9 Å². The number of rotatable bonds is 12. The summed E-state index contributed by atoms with van der Waals surface area (Å²) in [5.74, 6) is 5.85. The number of benzene rings is 16. The van der Waals surface area contributed by atoms with Crippen LogP contribution >= 0.6 is 7.92 Å². The van der Waals surface area contributed by atoms with Crippen molar-refractivity contribution in [2.75, 3.05) is 14.7 Å². The van der Waals surface area contributed by atoms with Crippen molar-refractivity contribution in [3.05, 3.63) is 562 Å². The van der Waals surface area contributed by atoms with Gasteiger partial charge in [-0.1, -0.05) is 427 Å². The highest BCUT2D eigenvalue weighted by molar-refractivity contribution is 7.80. The van der Waals surface area contributed by atoms with Crippen LogP contribution in [-0.2, 0) is 21.7 Å². The number of fused-ring (bicyclic) bond motifs is 18. The van der Waals surface area contributed by atoms with Crippen molar-refractivity contribution in [1.82, 2.24) is 29.1 Å². The van der Waals surface area contributed by atoms with Crippen molar-refractivity contribution in [2.24, 2.45) is 0 Å². The molecule has 0 amide bonds. The lowest BCUT2D eigenvalue weighted by Gasteiger charge is -2.52. The minimum atomic E-state index is -0.628. The van der Waals surface area contributed by atoms with E-state index in [9.17, 15) is 0 Å². The molecule has 0 spiro atoms. The maximum absolute atomic E-state index is 5.28. The van der Waals surface area contributed by atoms with Gasteiger partial charge < -0.3 is 4.90 Å². The third-order valence-corrected chi connectivity index (χ3v) is 33.7. The molecule has 6 aliphatic heterocycles. The summed E-state index contributed by atoms with van der Waals surface area (Å²) in [5, 5.41) is 9.32. The fourth-order valence-electron chi connectivity index (χ4n) is 24.6. The number of pyridine rings is 4. The summed E-state index contributed by atoms with van der Waals surface area (Å²) in [5.41, 5.74) is 34.6. The predicted octanol–water partition coefficient (Wildman–Crippen LogP) is 32.5. The van der Waals surface area contributed by atoms with Gasteiger partial charge in [0.1, 0.15) is 17.5 Å². The summed E-state index contributed by atoms with van der Waals surface area (Å²) in [7, 11) is -0.628. The molecule has 0 radical (unpaired) electrons. The van der Waals surface area contributed by atoms with Crippen LogP contribution in [0.5, 0.6) is 0 Å². The summed E-state index contributed by atoms with van der Waals surface area (Å²) in [6.45, 7) is 22.8. The van der Waals surface area contributed by atoms with Gasteiger partial charge in [-0.15, -0.1) is 0 Å². The molecule has 0 aliphatic carbocycles. The van der Waals surface area contributed by atoms with Gasteiger partial charge in [-0.25, -0.2) is 19.9 Å². The Hall–Kier alpha value is -16.5. The topological polar surface area (TPSA) is 71.1 Å². The maximum atomic E-state index is 5.28. The van der Waals surface area contributed by atoms with E-state index in [2.05, 4.69) is 524 Å². The molecule has 22 aromatic rings. The van der Waals surface area contributed by atoms with E-state index in [-0.39, 0.29) is 5.41 Å². The Morgan fingerprint density at radius 1 is 0.229 bits per heavy atom. The monoisotopic (exact) mass is 1880 g/mol. The Balaban J connectivity index is 0.000000103. The van der Waals surface area contributed by atoms with E-state index >= 15 is 0 Å². The molecule has 6 aromatic heterocycles. The molecule has 0 bridgehead atoms. The fraction of sp³-hybridized carbons (Fsp3) is 0.134. The average molecular weight is 1880 g/mol. The van der Waals surface area contributed by atoms with E-state index < -0.39 is 24.2 Å². The largest absolute Gasteiger partial charge is 0.305 e. The Bertz CT molecular complexity index is 8350. The van der Waals surface area contributed by atoms with Gasteiger partial charge in [0.05, 0.1) is 72.4 Å². The van der Waals surface area contributed by atoms with E-state index in [1.165, 1.54) is 188 Å². The lowest BCUT2D eigenvalue weighted by molar-refractivity contribution is 0.615. The molecular formula is C134H110N9P. The zero-order valence-electron chi connectivity index (χ0n) is 82.7. The minimum absolute atomic E-state index is 0.183. The predicted molar refractivity (Wildman–Crippen MR) is 600 cm³/mol. The van der Waals surface area contributed by atoms with Crippen molar-refractivity contribution in [3.63, 3.8) is 0 Å². The van der Waals surface area contributed by atoms with Crippen LogP contribution in [0.15, 0.2) is 462 Å². The highest BCUT2D eigenvalue weighted by atomic mass is 31.1. The molecule has 144 heavy (non-hydrogen) atoms. The van der Waals surface area contributed by atoms with E-state index in [4.69, 9.17) is 19.9 Å². The van der Waals surface area contributed by atoms with Gasteiger partial charge in [0, 0.05) is 79.2 Å². The number of aromatic nitrogens is 6. The quantitative estimate of drug-likeness (QED) is 0.113. The van der Waals surface area contributed by atoms with Crippen LogP contribution in [0.4, 0.5) is 51.4 Å².